The summed E-state index contributed by atoms with van der Waals surface area (Å²) in [5.74, 6) is -1.89. The number of fused-ring (bicyclic) bond motifs is 2. The van der Waals surface area contributed by atoms with E-state index in [0.29, 0.717) is 22.5 Å². The predicted octanol–water partition coefficient (Wildman–Crippen LogP) is 3.15. The zero-order valence-corrected chi connectivity index (χ0v) is 15.4. The van der Waals surface area contributed by atoms with Crippen LogP contribution in [0.2, 0.25) is 0 Å². The molecule has 1 unspecified atom stereocenters. The fourth-order valence-corrected chi connectivity index (χ4v) is 3.62. The van der Waals surface area contributed by atoms with Gasteiger partial charge in [-0.05, 0) is 38.5 Å². The van der Waals surface area contributed by atoms with Gasteiger partial charge >= 0.3 is 5.97 Å². The number of aryl methyl sites for hydroxylation is 1. The van der Waals surface area contributed by atoms with Gasteiger partial charge in [-0.2, -0.15) is 5.10 Å². The van der Waals surface area contributed by atoms with E-state index >= 15 is 0 Å². The Labute approximate surface area is 156 Å². The number of anilines is 1. The monoisotopic (exact) mass is 364 g/mol. The number of carboxylic acid groups (broad SMARTS) is 1. The molecule has 2 aromatic heterocycles. The highest BCUT2D eigenvalue weighted by atomic mass is 16.4. The molecule has 1 aromatic carbocycles. The van der Waals surface area contributed by atoms with Crippen LogP contribution in [0.4, 0.5) is 5.69 Å². The molecule has 1 aliphatic rings. The van der Waals surface area contributed by atoms with Crippen molar-refractivity contribution in [1.82, 2.24) is 14.8 Å². The molecule has 7 heteroatoms. The van der Waals surface area contributed by atoms with Crippen LogP contribution in [0.25, 0.3) is 11.0 Å². The summed E-state index contributed by atoms with van der Waals surface area (Å²) in [7, 11) is 0. The number of pyridine rings is 1. The Morgan fingerprint density at radius 1 is 1.26 bits per heavy atom. The van der Waals surface area contributed by atoms with Crippen molar-refractivity contribution in [2.45, 2.75) is 32.7 Å². The number of hydrogen-bond acceptors (Lipinski definition) is 4. The van der Waals surface area contributed by atoms with Gasteiger partial charge in [-0.1, -0.05) is 18.2 Å². The summed E-state index contributed by atoms with van der Waals surface area (Å²) in [6.07, 6.45) is 1.70. The lowest BCUT2D eigenvalue weighted by Gasteiger charge is -2.18. The Bertz CT molecular complexity index is 1070. The highest BCUT2D eigenvalue weighted by molar-refractivity contribution is 6.10. The summed E-state index contributed by atoms with van der Waals surface area (Å²) < 4.78 is 1.82. The van der Waals surface area contributed by atoms with Gasteiger partial charge in [-0.3, -0.25) is 9.59 Å². The summed E-state index contributed by atoms with van der Waals surface area (Å²) in [6, 6.07) is 9.11. The molecule has 3 heterocycles. The number of nitrogens with zero attached hydrogens (tertiary/aromatic N) is 4. The summed E-state index contributed by atoms with van der Waals surface area (Å²) in [6.45, 7) is 5.96. The molecular formula is C20H20N4O3. The van der Waals surface area contributed by atoms with Gasteiger partial charge in [0.1, 0.15) is 5.92 Å². The maximum Gasteiger partial charge on any atom is 0.312 e. The number of carbonyl (C=O) groups is 2. The number of carboxylic acids is 1. The maximum absolute atomic E-state index is 13.2. The molecule has 0 spiro atoms. The molecule has 0 saturated heterocycles. The van der Waals surface area contributed by atoms with Gasteiger partial charge < -0.3 is 10.0 Å². The van der Waals surface area contributed by atoms with Crippen molar-refractivity contribution in [3.63, 3.8) is 0 Å². The van der Waals surface area contributed by atoms with Crippen LogP contribution in [0.1, 0.15) is 47.4 Å². The van der Waals surface area contributed by atoms with Crippen molar-refractivity contribution in [3.05, 3.63) is 53.3 Å². The zero-order valence-electron chi connectivity index (χ0n) is 15.4. The standard InChI is InChI=1S/C20H20N4O3/c1-11(2)24-18-13(9-21-24)8-15(12(3)22-18)19(25)23-10-16(20(26)27)14-6-4-5-7-17(14)23/h4-9,11,16H,10H2,1-3H3,(H,26,27). The number of carbonyl (C=O) groups excluding carboxylic acids is 1. The number of hydrogen-bond donors (Lipinski definition) is 1. The number of benzene rings is 1. The number of amides is 1. The molecule has 0 fully saturated rings. The minimum Gasteiger partial charge on any atom is -0.481 e. The van der Waals surface area contributed by atoms with E-state index in [2.05, 4.69) is 10.1 Å². The second-order valence-corrected chi connectivity index (χ2v) is 7.08. The summed E-state index contributed by atoms with van der Waals surface area (Å²) in [5.41, 5.74) is 3.12. The van der Waals surface area contributed by atoms with Crippen LogP contribution in [0.3, 0.4) is 0 Å². The molecule has 4 rings (SSSR count). The molecule has 3 aromatic rings. The van der Waals surface area contributed by atoms with Crippen LogP contribution >= 0.6 is 0 Å². The highest BCUT2D eigenvalue weighted by Crippen LogP contribution is 2.37. The van der Waals surface area contributed by atoms with Crippen molar-refractivity contribution in [3.8, 4) is 0 Å². The van der Waals surface area contributed by atoms with Crippen LogP contribution < -0.4 is 4.90 Å². The Morgan fingerprint density at radius 2 is 2.00 bits per heavy atom. The number of rotatable bonds is 3. The van der Waals surface area contributed by atoms with E-state index in [1.54, 1.807) is 37.4 Å². The molecule has 1 atom stereocenters. The van der Waals surface area contributed by atoms with Gasteiger partial charge in [0.05, 0.1) is 17.5 Å². The van der Waals surface area contributed by atoms with Crippen molar-refractivity contribution in [2.24, 2.45) is 0 Å². The normalized spacial score (nSPS) is 16.1. The Morgan fingerprint density at radius 3 is 2.70 bits per heavy atom. The average Bonchev–Trinajstić information content (AvgIpc) is 3.21. The van der Waals surface area contributed by atoms with Crippen LogP contribution in [0.5, 0.6) is 0 Å². The fraction of sp³-hybridized carbons (Fsp3) is 0.300. The molecular weight excluding hydrogens is 344 g/mol. The number of aliphatic carboxylic acids is 1. The van der Waals surface area contributed by atoms with E-state index in [-0.39, 0.29) is 18.5 Å². The predicted molar refractivity (Wildman–Crippen MR) is 101 cm³/mol. The molecule has 1 N–H and O–H groups in total. The lowest BCUT2D eigenvalue weighted by molar-refractivity contribution is -0.138. The number of para-hydroxylation sites is 1. The average molecular weight is 364 g/mol. The molecule has 27 heavy (non-hydrogen) atoms. The third kappa shape index (κ3) is 2.66. The summed E-state index contributed by atoms with van der Waals surface area (Å²) >= 11 is 0. The van der Waals surface area contributed by atoms with E-state index in [1.807, 2.05) is 24.6 Å². The maximum atomic E-state index is 13.2. The lowest BCUT2D eigenvalue weighted by atomic mass is 10.0. The Hall–Kier alpha value is -3.22. The molecule has 138 valence electrons. The van der Waals surface area contributed by atoms with Crippen molar-refractivity contribution >= 4 is 28.6 Å². The fourth-order valence-electron chi connectivity index (χ4n) is 3.62. The minimum absolute atomic E-state index is 0.121. The Kier molecular flexibility index (Phi) is 3.95. The third-order valence-electron chi connectivity index (χ3n) is 4.99. The van der Waals surface area contributed by atoms with Crippen LogP contribution in [-0.2, 0) is 4.79 Å². The van der Waals surface area contributed by atoms with Gasteiger partial charge in [0.15, 0.2) is 5.65 Å². The van der Waals surface area contributed by atoms with Crippen molar-refractivity contribution in [2.75, 3.05) is 11.4 Å². The minimum atomic E-state index is -0.929. The first kappa shape index (κ1) is 17.2. The van der Waals surface area contributed by atoms with Crippen LogP contribution in [-0.4, -0.2) is 38.3 Å². The molecule has 0 aliphatic carbocycles. The van der Waals surface area contributed by atoms with E-state index in [4.69, 9.17) is 0 Å². The number of aromatic nitrogens is 3. The van der Waals surface area contributed by atoms with E-state index in [9.17, 15) is 14.7 Å². The van der Waals surface area contributed by atoms with Gasteiger partial charge in [0.25, 0.3) is 5.91 Å². The second kappa shape index (κ2) is 6.19. The second-order valence-electron chi connectivity index (χ2n) is 7.08. The summed E-state index contributed by atoms with van der Waals surface area (Å²) in [4.78, 5) is 31.0. The molecule has 0 radical (unpaired) electrons. The third-order valence-corrected chi connectivity index (χ3v) is 4.99. The molecule has 7 nitrogen and oxygen atoms in total. The van der Waals surface area contributed by atoms with E-state index < -0.39 is 11.9 Å². The van der Waals surface area contributed by atoms with Gasteiger partial charge in [0, 0.05) is 23.7 Å². The van der Waals surface area contributed by atoms with Gasteiger partial charge in [0.2, 0.25) is 0 Å². The first-order valence-electron chi connectivity index (χ1n) is 8.87. The molecule has 1 aliphatic heterocycles. The topological polar surface area (TPSA) is 88.3 Å². The SMILES string of the molecule is Cc1nc2c(cnn2C(C)C)cc1C(=O)N1CC(C(=O)O)c2ccccc21. The zero-order chi connectivity index (χ0) is 19.3. The Balaban J connectivity index is 1.77. The van der Waals surface area contributed by atoms with Crippen molar-refractivity contribution in [1.29, 1.82) is 0 Å². The smallest absolute Gasteiger partial charge is 0.312 e. The van der Waals surface area contributed by atoms with E-state index in [0.717, 1.165) is 11.0 Å². The largest absolute Gasteiger partial charge is 0.481 e. The molecule has 1 amide bonds. The van der Waals surface area contributed by atoms with Crippen molar-refractivity contribution < 1.29 is 14.7 Å². The van der Waals surface area contributed by atoms with Gasteiger partial charge in [-0.25, -0.2) is 9.67 Å². The van der Waals surface area contributed by atoms with Gasteiger partial charge in [-0.15, -0.1) is 0 Å². The van der Waals surface area contributed by atoms with Crippen LogP contribution in [0.15, 0.2) is 36.5 Å². The first-order chi connectivity index (χ1) is 12.9. The lowest BCUT2D eigenvalue weighted by Crippen LogP contribution is -2.32. The molecule has 0 bridgehead atoms. The first-order valence-corrected chi connectivity index (χ1v) is 8.87. The summed E-state index contributed by atoms with van der Waals surface area (Å²) in [5, 5.41) is 14.7. The molecule has 0 saturated carbocycles. The quantitative estimate of drug-likeness (QED) is 0.771. The van der Waals surface area contributed by atoms with Crippen LogP contribution in [0, 0.1) is 6.92 Å². The van der Waals surface area contributed by atoms with E-state index in [1.165, 1.54) is 4.90 Å². The highest BCUT2D eigenvalue weighted by Gasteiger charge is 2.37.